The van der Waals surface area contributed by atoms with Gasteiger partial charge in [-0.25, -0.2) is 9.37 Å². The van der Waals surface area contributed by atoms with Crippen molar-refractivity contribution in [2.45, 2.75) is 11.0 Å². The summed E-state index contributed by atoms with van der Waals surface area (Å²) in [5.74, 6) is 0.393. The number of hydrogen-bond acceptors (Lipinski definition) is 3. The van der Waals surface area contributed by atoms with E-state index in [9.17, 15) is 4.39 Å². The van der Waals surface area contributed by atoms with E-state index in [0.29, 0.717) is 11.0 Å². The first-order valence-electron chi connectivity index (χ1n) is 4.21. The van der Waals surface area contributed by atoms with Gasteiger partial charge in [0.2, 0.25) is 0 Å². The van der Waals surface area contributed by atoms with Crippen molar-refractivity contribution in [2.24, 2.45) is 0 Å². The van der Waals surface area contributed by atoms with Gasteiger partial charge in [0.25, 0.3) is 5.22 Å². The Balaban J connectivity index is 2.05. The Bertz CT molecular complexity index is 426. The number of thioether (sulfide) groups is 1. The second kappa shape index (κ2) is 4.81. The molecule has 1 aromatic carbocycles. The summed E-state index contributed by atoms with van der Waals surface area (Å²) < 4.78 is 18.8. The van der Waals surface area contributed by atoms with Crippen molar-refractivity contribution in [1.82, 2.24) is 4.98 Å². The lowest BCUT2D eigenvalue weighted by Crippen LogP contribution is -1.84. The summed E-state index contributed by atoms with van der Waals surface area (Å²) in [6.07, 6.45) is 3.10. The van der Waals surface area contributed by atoms with Crippen LogP contribution >= 0.6 is 27.7 Å². The third-order valence-electron chi connectivity index (χ3n) is 1.69. The van der Waals surface area contributed by atoms with E-state index >= 15 is 0 Å². The Labute approximate surface area is 99.0 Å². The van der Waals surface area contributed by atoms with Crippen LogP contribution in [0.4, 0.5) is 4.39 Å². The monoisotopic (exact) mass is 287 g/mol. The summed E-state index contributed by atoms with van der Waals surface area (Å²) in [5.41, 5.74) is 0.894. The number of benzene rings is 1. The van der Waals surface area contributed by atoms with Crippen LogP contribution in [0.2, 0.25) is 0 Å². The maximum absolute atomic E-state index is 13.0. The molecule has 0 N–H and O–H groups in total. The van der Waals surface area contributed by atoms with E-state index < -0.39 is 0 Å². The van der Waals surface area contributed by atoms with E-state index in [1.165, 1.54) is 30.2 Å². The van der Waals surface area contributed by atoms with E-state index in [1.807, 2.05) is 6.07 Å². The molecule has 15 heavy (non-hydrogen) atoms. The largest absolute Gasteiger partial charge is 0.440 e. The van der Waals surface area contributed by atoms with Gasteiger partial charge in [-0.05, 0) is 23.8 Å². The van der Waals surface area contributed by atoms with Crippen molar-refractivity contribution >= 4 is 27.7 Å². The predicted octanol–water partition coefficient (Wildman–Crippen LogP) is 3.87. The van der Waals surface area contributed by atoms with Crippen LogP contribution in [0.15, 0.2) is 44.8 Å². The first-order chi connectivity index (χ1) is 7.24. The van der Waals surface area contributed by atoms with Crippen molar-refractivity contribution in [3.8, 4) is 0 Å². The number of rotatable bonds is 3. The van der Waals surface area contributed by atoms with Crippen molar-refractivity contribution < 1.29 is 8.81 Å². The molecule has 0 saturated carbocycles. The third-order valence-corrected chi connectivity index (χ3v) is 3.08. The lowest BCUT2D eigenvalue weighted by Gasteiger charge is -2.00. The second-order valence-electron chi connectivity index (χ2n) is 2.86. The van der Waals surface area contributed by atoms with Gasteiger partial charge in [-0.15, -0.1) is 0 Å². The van der Waals surface area contributed by atoms with Crippen LogP contribution in [-0.4, -0.2) is 4.98 Å². The molecule has 0 atom stereocenters. The van der Waals surface area contributed by atoms with Crippen molar-refractivity contribution in [3.05, 3.63) is 46.5 Å². The minimum Gasteiger partial charge on any atom is -0.440 e. The van der Waals surface area contributed by atoms with Gasteiger partial charge >= 0.3 is 0 Å². The highest BCUT2D eigenvalue weighted by Crippen LogP contribution is 2.23. The van der Waals surface area contributed by atoms with Gasteiger partial charge in [-0.3, -0.25) is 0 Å². The molecule has 0 aliphatic rings. The molecule has 0 aliphatic carbocycles. The topological polar surface area (TPSA) is 26.0 Å². The molecule has 0 amide bonds. The molecule has 78 valence electrons. The number of halogens is 2. The lowest BCUT2D eigenvalue weighted by molar-refractivity contribution is 0.454. The molecule has 1 heterocycles. The summed E-state index contributed by atoms with van der Waals surface area (Å²) in [4.78, 5) is 3.97. The molecule has 0 unspecified atom stereocenters. The fourth-order valence-electron chi connectivity index (χ4n) is 1.12. The zero-order chi connectivity index (χ0) is 10.7. The molecule has 0 fully saturated rings. The molecular weight excluding hydrogens is 281 g/mol. The van der Waals surface area contributed by atoms with E-state index in [0.717, 1.165) is 10.0 Å². The predicted molar refractivity (Wildman–Crippen MR) is 60.2 cm³/mol. The fourth-order valence-corrected chi connectivity index (χ4v) is 2.35. The smallest absolute Gasteiger partial charge is 0.255 e. The quantitative estimate of drug-likeness (QED) is 0.802. The maximum Gasteiger partial charge on any atom is 0.255 e. The van der Waals surface area contributed by atoms with Crippen LogP contribution in [0.5, 0.6) is 0 Å². The number of aromatic nitrogens is 1. The van der Waals surface area contributed by atoms with Gasteiger partial charge in [0.15, 0.2) is 0 Å². The molecule has 0 bridgehead atoms. The molecule has 0 aliphatic heterocycles. The summed E-state index contributed by atoms with van der Waals surface area (Å²) >= 11 is 4.68. The SMILES string of the molecule is Fc1cc(Br)cc(CSc2ncco2)c1. The zero-order valence-corrected chi connectivity index (χ0v) is 10.0. The highest BCUT2D eigenvalue weighted by atomic mass is 79.9. The van der Waals surface area contributed by atoms with Crippen molar-refractivity contribution in [1.29, 1.82) is 0 Å². The summed E-state index contributed by atoms with van der Waals surface area (Å²) in [7, 11) is 0. The van der Waals surface area contributed by atoms with E-state index in [1.54, 1.807) is 6.20 Å². The molecule has 2 nitrogen and oxygen atoms in total. The van der Waals surface area contributed by atoms with Crippen LogP contribution in [0, 0.1) is 5.82 Å². The molecule has 2 rings (SSSR count). The van der Waals surface area contributed by atoms with E-state index in [-0.39, 0.29) is 5.82 Å². The number of nitrogens with zero attached hydrogens (tertiary/aromatic N) is 1. The first-order valence-corrected chi connectivity index (χ1v) is 5.99. The van der Waals surface area contributed by atoms with Gasteiger partial charge in [0, 0.05) is 10.2 Å². The van der Waals surface area contributed by atoms with E-state index in [4.69, 9.17) is 4.42 Å². The third kappa shape index (κ3) is 3.07. The molecule has 1 aromatic heterocycles. The zero-order valence-electron chi connectivity index (χ0n) is 7.61. The summed E-state index contributed by atoms with van der Waals surface area (Å²) in [5, 5.41) is 0.593. The first kappa shape index (κ1) is 10.7. The highest BCUT2D eigenvalue weighted by molar-refractivity contribution is 9.10. The van der Waals surface area contributed by atoms with Crippen LogP contribution in [-0.2, 0) is 5.75 Å². The Hall–Kier alpha value is -0.810. The summed E-state index contributed by atoms with van der Waals surface area (Å²) in [6, 6.07) is 4.80. The van der Waals surface area contributed by atoms with Crippen LogP contribution in [0.3, 0.4) is 0 Å². The molecule has 0 radical (unpaired) electrons. The van der Waals surface area contributed by atoms with Gasteiger partial charge in [-0.2, -0.15) is 0 Å². The van der Waals surface area contributed by atoms with Crippen LogP contribution < -0.4 is 0 Å². The molecule has 0 saturated heterocycles. The maximum atomic E-state index is 13.0. The second-order valence-corrected chi connectivity index (χ2v) is 4.71. The van der Waals surface area contributed by atoms with E-state index in [2.05, 4.69) is 20.9 Å². The molecular formula is C10H7BrFNOS. The van der Waals surface area contributed by atoms with Crippen molar-refractivity contribution in [3.63, 3.8) is 0 Å². The standard InChI is InChI=1S/C10H7BrFNOS/c11-8-3-7(4-9(12)5-8)6-15-10-13-1-2-14-10/h1-5H,6H2. The van der Waals surface area contributed by atoms with Crippen LogP contribution in [0.25, 0.3) is 0 Å². The van der Waals surface area contributed by atoms with Gasteiger partial charge < -0.3 is 4.42 Å². The fraction of sp³-hybridized carbons (Fsp3) is 0.100. The minimum absolute atomic E-state index is 0.243. The summed E-state index contributed by atoms with van der Waals surface area (Å²) in [6.45, 7) is 0. The van der Waals surface area contributed by atoms with Gasteiger partial charge in [0.05, 0.1) is 6.20 Å². The normalized spacial score (nSPS) is 10.5. The molecule has 0 spiro atoms. The Morgan fingerprint density at radius 3 is 2.93 bits per heavy atom. The number of oxazole rings is 1. The van der Waals surface area contributed by atoms with Crippen molar-refractivity contribution in [2.75, 3.05) is 0 Å². The lowest BCUT2D eigenvalue weighted by atomic mass is 10.2. The molecule has 2 aromatic rings. The Morgan fingerprint density at radius 1 is 1.40 bits per heavy atom. The Kier molecular flexibility index (Phi) is 3.43. The van der Waals surface area contributed by atoms with Gasteiger partial charge in [-0.1, -0.05) is 27.7 Å². The highest BCUT2D eigenvalue weighted by Gasteiger charge is 2.02. The van der Waals surface area contributed by atoms with Crippen LogP contribution in [0.1, 0.15) is 5.56 Å². The average molecular weight is 288 g/mol. The average Bonchev–Trinajstić information content (AvgIpc) is 2.65. The minimum atomic E-state index is -0.243. The van der Waals surface area contributed by atoms with Gasteiger partial charge in [0.1, 0.15) is 12.1 Å². The Morgan fingerprint density at radius 2 is 2.27 bits per heavy atom. The number of hydrogen-bond donors (Lipinski definition) is 0. The molecule has 5 heteroatoms.